The van der Waals surface area contributed by atoms with Gasteiger partial charge in [0.05, 0.1) is 0 Å². The molecule has 0 bridgehead atoms. The molecule has 0 N–H and O–H groups in total. The Balaban J connectivity index is 1.88. The van der Waals surface area contributed by atoms with Gasteiger partial charge in [0.25, 0.3) is 0 Å². The van der Waals surface area contributed by atoms with Crippen LogP contribution < -0.4 is 0 Å². The number of benzene rings is 4. The molecule has 4 aromatic rings. The first-order chi connectivity index (χ1) is 10.7. The minimum atomic E-state index is 0.276. The van der Waals surface area contributed by atoms with Crippen LogP contribution in [0.4, 0.5) is 0 Å². The van der Waals surface area contributed by atoms with E-state index in [0.29, 0.717) is 6.42 Å². The van der Waals surface area contributed by atoms with Gasteiger partial charge in [-0.05, 0) is 57.6 Å². The van der Waals surface area contributed by atoms with Gasteiger partial charge >= 0.3 is 0 Å². The molecule has 4 rings (SSSR count). The average molecular weight is 286 g/mol. The molecule has 22 heavy (non-hydrogen) atoms. The summed E-state index contributed by atoms with van der Waals surface area (Å²) in [7, 11) is 0. The molecule has 1 nitrogen and oxygen atoms in total. The summed E-state index contributed by atoms with van der Waals surface area (Å²) >= 11 is 0. The molecule has 0 aliphatic heterocycles. The summed E-state index contributed by atoms with van der Waals surface area (Å²) in [5.74, 6) is 0.276. The van der Waals surface area contributed by atoms with Crippen molar-refractivity contribution in [3.05, 3.63) is 60.2 Å². The predicted octanol–water partition coefficient (Wildman–Crippen LogP) is 5.50. The van der Waals surface area contributed by atoms with Crippen LogP contribution in [0.5, 0.6) is 0 Å². The van der Waals surface area contributed by atoms with E-state index in [1.54, 1.807) is 6.92 Å². The number of aryl methyl sites for hydroxylation is 1. The zero-order valence-corrected chi connectivity index (χ0v) is 12.7. The van der Waals surface area contributed by atoms with E-state index in [0.717, 1.165) is 12.8 Å². The lowest BCUT2D eigenvalue weighted by molar-refractivity contribution is -0.117. The van der Waals surface area contributed by atoms with Gasteiger partial charge in [-0.3, -0.25) is 0 Å². The van der Waals surface area contributed by atoms with Crippen molar-refractivity contribution in [3.8, 4) is 0 Å². The molecule has 0 saturated carbocycles. The summed E-state index contributed by atoms with van der Waals surface area (Å²) in [6.07, 6.45) is 2.57. The summed E-state index contributed by atoms with van der Waals surface area (Å²) < 4.78 is 0. The molecule has 0 amide bonds. The topological polar surface area (TPSA) is 17.1 Å². The molecular formula is C21H18O. The normalized spacial score (nSPS) is 11.7. The first-order valence-electron chi connectivity index (χ1n) is 7.88. The molecule has 108 valence electrons. The summed E-state index contributed by atoms with van der Waals surface area (Å²) in [6.45, 7) is 1.67. The molecular weight excluding hydrogens is 268 g/mol. The van der Waals surface area contributed by atoms with Crippen LogP contribution in [0.2, 0.25) is 0 Å². The number of hydrogen-bond acceptors (Lipinski definition) is 1. The van der Waals surface area contributed by atoms with Gasteiger partial charge < -0.3 is 4.79 Å². The van der Waals surface area contributed by atoms with Crippen molar-refractivity contribution in [1.29, 1.82) is 0 Å². The monoisotopic (exact) mass is 286 g/mol. The van der Waals surface area contributed by atoms with Crippen molar-refractivity contribution >= 4 is 38.1 Å². The molecule has 0 saturated heterocycles. The summed E-state index contributed by atoms with van der Waals surface area (Å²) in [5, 5.41) is 7.96. The number of ketones is 1. The second kappa shape index (κ2) is 5.10. The average Bonchev–Trinajstić information content (AvgIpc) is 2.52. The van der Waals surface area contributed by atoms with Gasteiger partial charge in [-0.2, -0.15) is 0 Å². The van der Waals surface area contributed by atoms with Gasteiger partial charge in [0.15, 0.2) is 0 Å². The van der Waals surface area contributed by atoms with Gasteiger partial charge in [-0.1, -0.05) is 54.6 Å². The van der Waals surface area contributed by atoms with Crippen molar-refractivity contribution in [3.63, 3.8) is 0 Å². The van der Waals surface area contributed by atoms with Crippen LogP contribution in [0.3, 0.4) is 0 Å². The lowest BCUT2D eigenvalue weighted by atomic mass is 9.92. The Morgan fingerprint density at radius 3 is 1.95 bits per heavy atom. The number of carbonyl (C=O) groups excluding carboxylic acids is 1. The van der Waals surface area contributed by atoms with Crippen molar-refractivity contribution in [2.45, 2.75) is 26.2 Å². The maximum absolute atomic E-state index is 11.1. The molecule has 1 heteroatoms. The molecule has 0 radical (unpaired) electrons. The quantitative estimate of drug-likeness (QED) is 0.453. The van der Waals surface area contributed by atoms with E-state index in [1.165, 1.54) is 37.9 Å². The largest absolute Gasteiger partial charge is 0.300 e. The fraction of sp³-hybridized carbons (Fsp3) is 0.190. The summed E-state index contributed by atoms with van der Waals surface area (Å²) in [6, 6.07) is 19.9. The van der Waals surface area contributed by atoms with Crippen molar-refractivity contribution in [2.24, 2.45) is 0 Å². The third-order valence-corrected chi connectivity index (χ3v) is 4.52. The maximum atomic E-state index is 11.1. The summed E-state index contributed by atoms with van der Waals surface area (Å²) in [5.41, 5.74) is 1.33. The van der Waals surface area contributed by atoms with Crippen LogP contribution in [0.1, 0.15) is 25.3 Å². The highest BCUT2D eigenvalue weighted by Crippen LogP contribution is 2.35. The first kappa shape index (κ1) is 13.3. The molecule has 0 aliphatic rings. The fourth-order valence-corrected chi connectivity index (χ4v) is 3.50. The van der Waals surface area contributed by atoms with Gasteiger partial charge in [-0.25, -0.2) is 0 Å². The van der Waals surface area contributed by atoms with Crippen LogP contribution in [0.25, 0.3) is 32.3 Å². The fourth-order valence-electron chi connectivity index (χ4n) is 3.50. The zero-order valence-electron chi connectivity index (χ0n) is 12.7. The highest BCUT2D eigenvalue weighted by Gasteiger charge is 2.09. The second-order valence-corrected chi connectivity index (χ2v) is 6.18. The molecule has 4 aromatic carbocycles. The van der Waals surface area contributed by atoms with Gasteiger partial charge in [-0.15, -0.1) is 0 Å². The Morgan fingerprint density at radius 1 is 0.818 bits per heavy atom. The molecule has 0 heterocycles. The first-order valence-corrected chi connectivity index (χ1v) is 7.88. The molecule has 0 aromatic heterocycles. The standard InChI is InChI=1S/C21H18O/c1-14(22)4-2-5-15-12-18-10-8-16-6-3-7-17-9-11-19(13-15)21(18)20(16)17/h3,6-13H,2,4-5H2,1H3. The Kier molecular flexibility index (Phi) is 3.07. The highest BCUT2D eigenvalue weighted by molar-refractivity contribution is 6.23. The van der Waals surface area contributed by atoms with Crippen molar-refractivity contribution < 1.29 is 4.79 Å². The Morgan fingerprint density at radius 2 is 1.36 bits per heavy atom. The van der Waals surface area contributed by atoms with Gasteiger partial charge in [0.2, 0.25) is 0 Å². The minimum absolute atomic E-state index is 0.276. The highest BCUT2D eigenvalue weighted by atomic mass is 16.1. The third-order valence-electron chi connectivity index (χ3n) is 4.52. The van der Waals surface area contributed by atoms with Crippen LogP contribution in [0.15, 0.2) is 54.6 Å². The van der Waals surface area contributed by atoms with E-state index >= 15 is 0 Å². The van der Waals surface area contributed by atoms with E-state index in [9.17, 15) is 4.79 Å². The second-order valence-electron chi connectivity index (χ2n) is 6.18. The number of hydrogen-bond donors (Lipinski definition) is 0. The van der Waals surface area contributed by atoms with E-state index in [-0.39, 0.29) is 5.78 Å². The van der Waals surface area contributed by atoms with Crippen LogP contribution >= 0.6 is 0 Å². The predicted molar refractivity (Wildman–Crippen MR) is 93.8 cm³/mol. The van der Waals surface area contributed by atoms with E-state index < -0.39 is 0 Å². The van der Waals surface area contributed by atoms with E-state index in [4.69, 9.17) is 0 Å². The van der Waals surface area contributed by atoms with Crippen LogP contribution in [0, 0.1) is 0 Å². The lowest BCUT2D eigenvalue weighted by Gasteiger charge is -2.12. The molecule has 0 unspecified atom stereocenters. The van der Waals surface area contributed by atoms with Crippen LogP contribution in [-0.4, -0.2) is 5.78 Å². The lowest BCUT2D eigenvalue weighted by Crippen LogP contribution is -1.93. The van der Waals surface area contributed by atoms with Gasteiger partial charge in [0.1, 0.15) is 5.78 Å². The number of Topliss-reactive ketones (excluding diaryl/α,β-unsaturated/α-hetero) is 1. The van der Waals surface area contributed by atoms with Gasteiger partial charge in [0, 0.05) is 6.42 Å². The Labute approximate surface area is 129 Å². The maximum Gasteiger partial charge on any atom is 0.129 e. The SMILES string of the molecule is CC(=O)CCCc1cc2ccc3cccc4ccc(c1)c2c34. The number of rotatable bonds is 4. The third kappa shape index (κ3) is 2.14. The summed E-state index contributed by atoms with van der Waals surface area (Å²) in [4.78, 5) is 11.1. The smallest absolute Gasteiger partial charge is 0.129 e. The molecule has 0 fully saturated rings. The number of carbonyl (C=O) groups is 1. The Hall–Kier alpha value is -2.41. The van der Waals surface area contributed by atoms with Crippen LogP contribution in [-0.2, 0) is 11.2 Å². The van der Waals surface area contributed by atoms with E-state index in [2.05, 4.69) is 54.6 Å². The zero-order chi connectivity index (χ0) is 15.1. The molecule has 0 aliphatic carbocycles. The van der Waals surface area contributed by atoms with E-state index in [1.807, 2.05) is 0 Å². The van der Waals surface area contributed by atoms with Crippen molar-refractivity contribution in [1.82, 2.24) is 0 Å². The molecule has 0 atom stereocenters. The molecule has 0 spiro atoms. The van der Waals surface area contributed by atoms with Crippen molar-refractivity contribution in [2.75, 3.05) is 0 Å². The minimum Gasteiger partial charge on any atom is -0.300 e. The Bertz CT molecular complexity index is 917.